The van der Waals surface area contributed by atoms with Crippen molar-refractivity contribution < 1.29 is 14.0 Å². The van der Waals surface area contributed by atoms with Crippen molar-refractivity contribution in [1.82, 2.24) is 10.6 Å². The third-order valence-corrected chi connectivity index (χ3v) is 3.33. The molecular weight excluding hydrogens is 294 g/mol. The first-order valence-electron chi connectivity index (χ1n) is 7.57. The van der Waals surface area contributed by atoms with Gasteiger partial charge in [0.25, 0.3) is 5.91 Å². The third-order valence-electron chi connectivity index (χ3n) is 3.33. The molecule has 2 amide bonds. The average molecular weight is 315 g/mol. The summed E-state index contributed by atoms with van der Waals surface area (Å²) in [7, 11) is 0. The number of hydrogen-bond donors (Lipinski definition) is 3. The summed E-state index contributed by atoms with van der Waals surface area (Å²) in [6, 6.07) is 12.0. The molecule has 1 heterocycles. The van der Waals surface area contributed by atoms with E-state index in [9.17, 15) is 9.59 Å². The van der Waals surface area contributed by atoms with Crippen molar-refractivity contribution in [2.75, 3.05) is 13.1 Å². The topological polar surface area (TPSA) is 97.4 Å². The molecule has 2 rings (SSSR count). The Morgan fingerprint density at radius 3 is 2.57 bits per heavy atom. The first kappa shape index (κ1) is 16.8. The Balaban J connectivity index is 2.04. The first-order chi connectivity index (χ1) is 11.2. The Morgan fingerprint density at radius 2 is 1.91 bits per heavy atom. The molecule has 0 aliphatic heterocycles. The molecule has 0 aliphatic carbocycles. The van der Waals surface area contributed by atoms with Gasteiger partial charge in [0, 0.05) is 13.0 Å². The van der Waals surface area contributed by atoms with Gasteiger partial charge >= 0.3 is 0 Å². The van der Waals surface area contributed by atoms with Gasteiger partial charge in [-0.2, -0.15) is 0 Å². The van der Waals surface area contributed by atoms with E-state index >= 15 is 0 Å². The van der Waals surface area contributed by atoms with Crippen LogP contribution in [0.25, 0.3) is 0 Å². The number of rotatable bonds is 8. The molecule has 4 N–H and O–H groups in total. The van der Waals surface area contributed by atoms with Crippen LogP contribution in [0.3, 0.4) is 0 Å². The van der Waals surface area contributed by atoms with Gasteiger partial charge in [-0.15, -0.1) is 0 Å². The van der Waals surface area contributed by atoms with Crippen LogP contribution in [0.1, 0.15) is 22.5 Å². The zero-order chi connectivity index (χ0) is 16.5. The molecule has 0 aliphatic rings. The molecular formula is C17H21N3O3. The quantitative estimate of drug-likeness (QED) is 0.635. The molecule has 1 aromatic heterocycles. The minimum atomic E-state index is -0.673. The number of benzene rings is 1. The van der Waals surface area contributed by atoms with Crippen LogP contribution >= 0.6 is 0 Å². The van der Waals surface area contributed by atoms with Crippen LogP contribution in [0.4, 0.5) is 0 Å². The molecule has 2 aromatic rings. The third kappa shape index (κ3) is 5.27. The van der Waals surface area contributed by atoms with Crippen molar-refractivity contribution in [3.8, 4) is 0 Å². The van der Waals surface area contributed by atoms with E-state index in [2.05, 4.69) is 10.6 Å². The van der Waals surface area contributed by atoms with Crippen molar-refractivity contribution in [2.24, 2.45) is 5.73 Å². The zero-order valence-electron chi connectivity index (χ0n) is 12.8. The van der Waals surface area contributed by atoms with E-state index in [1.54, 1.807) is 12.1 Å². The molecule has 0 spiro atoms. The van der Waals surface area contributed by atoms with Gasteiger partial charge in [0.05, 0.1) is 6.26 Å². The van der Waals surface area contributed by atoms with Crippen LogP contribution in [0.5, 0.6) is 0 Å². The van der Waals surface area contributed by atoms with E-state index in [1.807, 2.05) is 30.3 Å². The number of nitrogens with two attached hydrogens (primary N) is 1. The van der Waals surface area contributed by atoms with Gasteiger partial charge in [0.15, 0.2) is 5.76 Å². The molecule has 0 saturated heterocycles. The van der Waals surface area contributed by atoms with E-state index in [4.69, 9.17) is 10.2 Å². The van der Waals surface area contributed by atoms with E-state index in [0.717, 1.165) is 5.56 Å². The fourth-order valence-electron chi connectivity index (χ4n) is 2.13. The molecule has 1 atom stereocenters. The number of furan rings is 1. The van der Waals surface area contributed by atoms with Crippen molar-refractivity contribution in [2.45, 2.75) is 18.9 Å². The second-order valence-electron chi connectivity index (χ2n) is 5.13. The van der Waals surface area contributed by atoms with E-state index in [-0.39, 0.29) is 11.7 Å². The van der Waals surface area contributed by atoms with Gasteiger partial charge in [-0.25, -0.2) is 0 Å². The highest BCUT2D eigenvalue weighted by Crippen LogP contribution is 2.06. The predicted molar refractivity (Wildman–Crippen MR) is 86.8 cm³/mol. The molecule has 0 fully saturated rings. The lowest BCUT2D eigenvalue weighted by molar-refractivity contribution is -0.122. The highest BCUT2D eigenvalue weighted by molar-refractivity contribution is 5.95. The number of nitrogens with one attached hydrogen (secondary N) is 2. The Labute approximate surface area is 135 Å². The van der Waals surface area contributed by atoms with E-state index in [1.165, 1.54) is 6.26 Å². The normalized spacial score (nSPS) is 11.7. The van der Waals surface area contributed by atoms with E-state index < -0.39 is 11.9 Å². The molecule has 1 unspecified atom stereocenters. The minimum absolute atomic E-state index is 0.179. The Hall–Kier alpha value is -2.60. The lowest BCUT2D eigenvalue weighted by Crippen LogP contribution is -2.48. The van der Waals surface area contributed by atoms with Gasteiger partial charge in [0.2, 0.25) is 5.91 Å². The van der Waals surface area contributed by atoms with Gasteiger partial charge in [0.1, 0.15) is 6.04 Å². The summed E-state index contributed by atoms with van der Waals surface area (Å²) in [6.45, 7) is 0.986. The molecule has 6 heteroatoms. The van der Waals surface area contributed by atoms with Crippen LogP contribution in [0.15, 0.2) is 53.1 Å². The maximum atomic E-state index is 12.3. The number of hydrogen-bond acceptors (Lipinski definition) is 4. The SMILES string of the molecule is NCCCNC(=O)C(Cc1ccccc1)NC(=O)c1ccco1. The standard InChI is InChI=1S/C17H21N3O3/c18-9-5-10-19-16(21)14(12-13-6-2-1-3-7-13)20-17(22)15-8-4-11-23-15/h1-4,6-8,11,14H,5,9-10,12,18H2,(H,19,21)(H,20,22). The summed E-state index contributed by atoms with van der Waals surface area (Å²) in [4.78, 5) is 24.5. The van der Waals surface area contributed by atoms with Gasteiger partial charge in [-0.3, -0.25) is 9.59 Å². The Kier molecular flexibility index (Phi) is 6.38. The summed E-state index contributed by atoms with van der Waals surface area (Å²) < 4.78 is 5.06. The van der Waals surface area contributed by atoms with Crippen molar-refractivity contribution in [3.63, 3.8) is 0 Å². The highest BCUT2D eigenvalue weighted by atomic mass is 16.3. The van der Waals surface area contributed by atoms with Crippen molar-refractivity contribution >= 4 is 11.8 Å². The summed E-state index contributed by atoms with van der Waals surface area (Å²) in [5.41, 5.74) is 6.39. The molecule has 6 nitrogen and oxygen atoms in total. The van der Waals surface area contributed by atoms with Gasteiger partial charge in [-0.1, -0.05) is 30.3 Å². The van der Waals surface area contributed by atoms with Crippen LogP contribution in [0, 0.1) is 0 Å². The Morgan fingerprint density at radius 1 is 1.13 bits per heavy atom. The second-order valence-corrected chi connectivity index (χ2v) is 5.13. The van der Waals surface area contributed by atoms with Crippen LogP contribution < -0.4 is 16.4 Å². The summed E-state index contributed by atoms with van der Waals surface area (Å²) in [5.74, 6) is -0.468. The van der Waals surface area contributed by atoms with Crippen molar-refractivity contribution in [3.05, 3.63) is 60.1 Å². The molecule has 23 heavy (non-hydrogen) atoms. The van der Waals surface area contributed by atoms with Crippen LogP contribution in [-0.2, 0) is 11.2 Å². The molecule has 0 radical (unpaired) electrons. The van der Waals surface area contributed by atoms with Gasteiger partial charge < -0.3 is 20.8 Å². The van der Waals surface area contributed by atoms with Crippen LogP contribution in [-0.4, -0.2) is 30.9 Å². The summed E-state index contributed by atoms with van der Waals surface area (Å²) >= 11 is 0. The minimum Gasteiger partial charge on any atom is -0.459 e. The van der Waals surface area contributed by atoms with Crippen molar-refractivity contribution in [1.29, 1.82) is 0 Å². The summed E-state index contributed by atoms with van der Waals surface area (Å²) in [5, 5.41) is 5.51. The first-order valence-corrected chi connectivity index (χ1v) is 7.57. The number of carbonyl (C=O) groups is 2. The number of carbonyl (C=O) groups excluding carboxylic acids is 2. The van der Waals surface area contributed by atoms with Gasteiger partial charge in [-0.05, 0) is 30.7 Å². The Bertz CT molecular complexity index is 611. The number of amides is 2. The highest BCUT2D eigenvalue weighted by Gasteiger charge is 2.22. The fourth-order valence-corrected chi connectivity index (χ4v) is 2.13. The molecule has 122 valence electrons. The largest absolute Gasteiger partial charge is 0.459 e. The molecule has 0 bridgehead atoms. The predicted octanol–water partition coefficient (Wildman–Crippen LogP) is 1.09. The maximum absolute atomic E-state index is 12.3. The van der Waals surface area contributed by atoms with E-state index in [0.29, 0.717) is 25.9 Å². The fraction of sp³-hybridized carbons (Fsp3) is 0.294. The average Bonchev–Trinajstić information content (AvgIpc) is 3.10. The lowest BCUT2D eigenvalue weighted by Gasteiger charge is -2.18. The monoisotopic (exact) mass is 315 g/mol. The molecule has 1 aromatic carbocycles. The van der Waals surface area contributed by atoms with Crippen LogP contribution in [0.2, 0.25) is 0 Å². The smallest absolute Gasteiger partial charge is 0.287 e. The second kappa shape index (κ2) is 8.75. The lowest BCUT2D eigenvalue weighted by atomic mass is 10.0. The molecule has 0 saturated carbocycles. The zero-order valence-corrected chi connectivity index (χ0v) is 12.8. The maximum Gasteiger partial charge on any atom is 0.287 e. The summed E-state index contributed by atoms with van der Waals surface area (Å²) in [6.07, 6.45) is 2.51.